The Morgan fingerprint density at radius 2 is 2.00 bits per heavy atom. The minimum Gasteiger partial charge on any atom is -0.495 e. The van der Waals surface area contributed by atoms with Gasteiger partial charge in [-0.3, -0.25) is 0 Å². The quantitative estimate of drug-likeness (QED) is 0.512. The highest BCUT2D eigenvalue weighted by atomic mass is 16.5. The summed E-state index contributed by atoms with van der Waals surface area (Å²) in [5.74, 6) is -0.590. The molecule has 0 amide bonds. The highest BCUT2D eigenvalue weighted by molar-refractivity contribution is 6.13. The second-order valence-corrected chi connectivity index (χ2v) is 4.97. The molecule has 128 valence electrons. The molecular weight excluding hydrogens is 312 g/mol. The average molecular weight is 332 g/mol. The summed E-state index contributed by atoms with van der Waals surface area (Å²) in [6, 6.07) is 3.51. The number of aryl methyl sites for hydroxylation is 1. The fraction of sp³-hybridized carbons (Fsp3) is 0.294. The number of fused-ring (bicyclic) bond motifs is 1. The molecule has 2 aromatic rings. The van der Waals surface area contributed by atoms with Gasteiger partial charge >= 0.3 is 11.9 Å². The van der Waals surface area contributed by atoms with Crippen LogP contribution in [0.2, 0.25) is 0 Å². The molecule has 2 N–H and O–H groups in total. The van der Waals surface area contributed by atoms with Crippen molar-refractivity contribution in [1.29, 1.82) is 0 Å². The number of methoxy groups -OCH3 is 2. The molecule has 0 saturated carbocycles. The van der Waals surface area contributed by atoms with E-state index in [-0.39, 0.29) is 12.2 Å². The summed E-state index contributed by atoms with van der Waals surface area (Å²) in [7, 11) is 4.56. The number of ether oxygens (including phenoxy) is 3. The first-order valence-electron chi connectivity index (χ1n) is 7.34. The van der Waals surface area contributed by atoms with Crippen molar-refractivity contribution in [3.05, 3.63) is 29.5 Å². The van der Waals surface area contributed by atoms with E-state index >= 15 is 0 Å². The minimum atomic E-state index is -0.552. The van der Waals surface area contributed by atoms with Crippen LogP contribution in [0.25, 0.3) is 17.0 Å². The Labute approximate surface area is 139 Å². The highest BCUT2D eigenvalue weighted by Gasteiger charge is 2.24. The van der Waals surface area contributed by atoms with E-state index in [1.165, 1.54) is 26.4 Å². The molecule has 1 aromatic carbocycles. The molecule has 0 spiro atoms. The summed E-state index contributed by atoms with van der Waals surface area (Å²) in [6.07, 6.45) is 2.77. The van der Waals surface area contributed by atoms with Crippen LogP contribution in [0.5, 0.6) is 5.75 Å². The van der Waals surface area contributed by atoms with Crippen LogP contribution in [-0.4, -0.2) is 37.3 Å². The number of carbonyl (C=O) groups excluding carboxylic acids is 2. The molecule has 0 aliphatic carbocycles. The molecule has 0 fully saturated rings. The Kier molecular flexibility index (Phi) is 5.13. The van der Waals surface area contributed by atoms with Gasteiger partial charge in [-0.25, -0.2) is 9.59 Å². The smallest absolute Gasteiger partial charge is 0.340 e. The summed E-state index contributed by atoms with van der Waals surface area (Å²) in [5.41, 5.74) is 7.96. The summed E-state index contributed by atoms with van der Waals surface area (Å²) in [4.78, 5) is 23.9. The molecule has 7 nitrogen and oxygen atoms in total. The first-order chi connectivity index (χ1) is 11.5. The van der Waals surface area contributed by atoms with Gasteiger partial charge in [-0.05, 0) is 25.1 Å². The second-order valence-electron chi connectivity index (χ2n) is 4.97. The first kappa shape index (κ1) is 17.4. The molecule has 0 saturated heterocycles. The van der Waals surface area contributed by atoms with Crippen LogP contribution in [0.15, 0.2) is 18.2 Å². The summed E-state index contributed by atoms with van der Waals surface area (Å²) >= 11 is 0. The Bertz CT molecular complexity index is 820. The number of rotatable bonds is 5. The number of esters is 2. The van der Waals surface area contributed by atoms with Gasteiger partial charge in [-0.15, -0.1) is 0 Å². The van der Waals surface area contributed by atoms with Crippen LogP contribution in [-0.2, 0) is 21.3 Å². The summed E-state index contributed by atoms with van der Waals surface area (Å²) in [5, 5.41) is 0.521. The highest BCUT2D eigenvalue weighted by Crippen LogP contribution is 2.36. The monoisotopic (exact) mass is 332 g/mol. The molecular formula is C17H20N2O5. The SMILES string of the molecule is CCOC(=O)C=Cc1c(C(=O)OC)c2c(N)c(OC)ccc2n1C. The van der Waals surface area contributed by atoms with Crippen molar-refractivity contribution in [2.45, 2.75) is 6.92 Å². The van der Waals surface area contributed by atoms with Crippen LogP contribution in [0.4, 0.5) is 5.69 Å². The van der Waals surface area contributed by atoms with Crippen molar-refractivity contribution in [2.75, 3.05) is 26.6 Å². The van der Waals surface area contributed by atoms with Crippen molar-refractivity contribution in [2.24, 2.45) is 7.05 Å². The number of nitrogens with zero attached hydrogens (tertiary/aromatic N) is 1. The molecule has 1 heterocycles. The van der Waals surface area contributed by atoms with Gasteiger partial charge in [0.05, 0.1) is 43.3 Å². The van der Waals surface area contributed by atoms with Crippen molar-refractivity contribution in [3.63, 3.8) is 0 Å². The number of hydrogen-bond acceptors (Lipinski definition) is 6. The van der Waals surface area contributed by atoms with Gasteiger partial charge in [0.1, 0.15) is 5.75 Å². The molecule has 2 rings (SSSR count). The van der Waals surface area contributed by atoms with E-state index < -0.39 is 11.9 Å². The topological polar surface area (TPSA) is 92.8 Å². The molecule has 0 atom stereocenters. The lowest BCUT2D eigenvalue weighted by molar-refractivity contribution is -0.137. The van der Waals surface area contributed by atoms with Crippen LogP contribution in [0.1, 0.15) is 23.0 Å². The third-order valence-electron chi connectivity index (χ3n) is 3.69. The number of nitrogen functional groups attached to an aromatic ring is 1. The van der Waals surface area contributed by atoms with Crippen molar-refractivity contribution < 1.29 is 23.8 Å². The maximum absolute atomic E-state index is 12.3. The van der Waals surface area contributed by atoms with Gasteiger partial charge in [0.2, 0.25) is 0 Å². The van der Waals surface area contributed by atoms with Crippen molar-refractivity contribution in [3.8, 4) is 5.75 Å². The number of nitrogens with two attached hydrogens (primary N) is 1. The Morgan fingerprint density at radius 3 is 2.58 bits per heavy atom. The maximum Gasteiger partial charge on any atom is 0.340 e. The number of benzene rings is 1. The van der Waals surface area contributed by atoms with E-state index in [2.05, 4.69) is 0 Å². The fourth-order valence-corrected chi connectivity index (χ4v) is 2.58. The molecule has 24 heavy (non-hydrogen) atoms. The van der Waals surface area contributed by atoms with Crippen LogP contribution in [0.3, 0.4) is 0 Å². The number of anilines is 1. The van der Waals surface area contributed by atoms with E-state index in [1.54, 1.807) is 30.7 Å². The summed E-state index contributed by atoms with van der Waals surface area (Å²) in [6.45, 7) is 1.99. The molecule has 7 heteroatoms. The Morgan fingerprint density at radius 1 is 1.29 bits per heavy atom. The van der Waals surface area contributed by atoms with Crippen LogP contribution < -0.4 is 10.5 Å². The molecule has 0 aliphatic heterocycles. The lowest BCUT2D eigenvalue weighted by Crippen LogP contribution is -2.05. The largest absolute Gasteiger partial charge is 0.495 e. The van der Waals surface area contributed by atoms with Gasteiger partial charge < -0.3 is 24.5 Å². The first-order valence-corrected chi connectivity index (χ1v) is 7.34. The molecule has 0 bridgehead atoms. The summed E-state index contributed by atoms with van der Waals surface area (Å²) < 4.78 is 16.7. The predicted octanol–water partition coefficient (Wildman–Crippen LogP) is 2.13. The molecule has 0 aliphatic rings. The maximum atomic E-state index is 12.3. The lowest BCUT2D eigenvalue weighted by atomic mass is 10.1. The van der Waals surface area contributed by atoms with E-state index in [1.807, 2.05) is 0 Å². The van der Waals surface area contributed by atoms with E-state index in [0.717, 1.165) is 5.52 Å². The van der Waals surface area contributed by atoms with Gasteiger partial charge in [-0.2, -0.15) is 0 Å². The molecule has 0 unspecified atom stereocenters. The zero-order valence-corrected chi connectivity index (χ0v) is 14.1. The van der Waals surface area contributed by atoms with Crippen molar-refractivity contribution in [1.82, 2.24) is 4.57 Å². The number of hydrogen-bond donors (Lipinski definition) is 1. The van der Waals surface area contributed by atoms with Gasteiger partial charge in [0.15, 0.2) is 0 Å². The van der Waals surface area contributed by atoms with Gasteiger partial charge in [-0.1, -0.05) is 0 Å². The van der Waals surface area contributed by atoms with Gasteiger partial charge in [0, 0.05) is 18.5 Å². The molecule has 0 radical (unpaired) electrons. The van der Waals surface area contributed by atoms with Gasteiger partial charge in [0.25, 0.3) is 0 Å². The van der Waals surface area contributed by atoms with E-state index in [4.69, 9.17) is 19.9 Å². The van der Waals surface area contributed by atoms with Crippen molar-refractivity contribution >= 4 is 34.6 Å². The Hall–Kier alpha value is -2.96. The second kappa shape index (κ2) is 7.08. The fourth-order valence-electron chi connectivity index (χ4n) is 2.58. The number of carbonyl (C=O) groups is 2. The van der Waals surface area contributed by atoms with E-state index in [9.17, 15) is 9.59 Å². The average Bonchev–Trinajstić information content (AvgIpc) is 2.86. The minimum absolute atomic E-state index is 0.270. The third kappa shape index (κ3) is 2.92. The Balaban J connectivity index is 2.74. The normalized spacial score (nSPS) is 11.0. The lowest BCUT2D eigenvalue weighted by Gasteiger charge is -2.06. The molecule has 1 aromatic heterocycles. The third-order valence-corrected chi connectivity index (χ3v) is 3.69. The number of aromatic nitrogens is 1. The van der Waals surface area contributed by atoms with E-state index in [0.29, 0.717) is 22.5 Å². The standard InChI is InChI=1S/C17H20N2O5/c1-5-24-13(20)9-7-11-15(17(21)23-4)14-10(19(11)2)6-8-12(22-3)16(14)18/h6-9H,5,18H2,1-4H3. The van der Waals surface area contributed by atoms with Crippen LogP contribution >= 0.6 is 0 Å². The van der Waals surface area contributed by atoms with Crippen LogP contribution in [0, 0.1) is 0 Å². The predicted molar refractivity (Wildman–Crippen MR) is 90.9 cm³/mol. The zero-order chi connectivity index (χ0) is 17.9. The zero-order valence-electron chi connectivity index (χ0n) is 14.1.